The number of nitrogens with one attached hydrogen (secondary N) is 5. The number of allylic oxidation sites excluding steroid dienone is 4. The number of amides is 6. The van der Waals surface area contributed by atoms with Crippen molar-refractivity contribution in [3.05, 3.63) is 36.5 Å². The highest BCUT2D eigenvalue weighted by Crippen LogP contribution is 2.30. The average molecular weight is 861 g/mol. The van der Waals surface area contributed by atoms with E-state index in [1.807, 2.05) is 13.8 Å². The Balaban J connectivity index is 2.12. The Morgan fingerprint density at radius 1 is 0.820 bits per heavy atom. The van der Waals surface area contributed by atoms with E-state index >= 15 is 0 Å². The van der Waals surface area contributed by atoms with E-state index in [0.717, 1.165) is 0 Å². The Kier molecular flexibility index (Phi) is 20.0. The number of nitrogens with two attached hydrogens (primary N) is 1. The maximum atomic E-state index is 14.3. The van der Waals surface area contributed by atoms with Gasteiger partial charge in [-0.05, 0) is 77.0 Å². The van der Waals surface area contributed by atoms with Gasteiger partial charge in [0.1, 0.15) is 24.7 Å². The van der Waals surface area contributed by atoms with E-state index in [0.29, 0.717) is 6.42 Å². The number of fused-ring (bicyclic) bond motifs is 6. The third-order valence-electron chi connectivity index (χ3n) is 10.9. The standard InChI is InChI=1S/C43H68N6O12/c1-24(2)20-32-39(55)49-37(25(3)4)40(56)46-28-16-18-34(51)30(22-28)41(57)61-43(7)42(58)48-31(17-19-35(44)52)38(54)45-27(6)33(50)15-13-11-9-8-10-12-14-29(21-26(5)60-43)59-23-36(53)47-32/h8-13,24-34,37,50-51H,14-23H2,1-7H3,(H2,44,52)(H,45,54)(H,46,56)(H,47,53)(H,48,58)(H,49,55)/t26-,27+,28+,29+,30+,31+,32+,33+,34+,37-,43+/m1/s1. The minimum atomic E-state index is -2.45. The molecular formula is C43H68N6O12. The first-order valence-corrected chi connectivity index (χ1v) is 21.3. The molecular weight excluding hydrogens is 793 g/mol. The molecule has 3 aliphatic rings. The van der Waals surface area contributed by atoms with Gasteiger partial charge in [0.15, 0.2) is 0 Å². The van der Waals surface area contributed by atoms with E-state index in [1.54, 1.807) is 64.2 Å². The molecule has 0 aromatic carbocycles. The van der Waals surface area contributed by atoms with Crippen LogP contribution in [0.25, 0.3) is 0 Å². The van der Waals surface area contributed by atoms with Crippen LogP contribution in [0.3, 0.4) is 0 Å². The van der Waals surface area contributed by atoms with Crippen molar-refractivity contribution in [1.82, 2.24) is 26.6 Å². The second-order valence-electron chi connectivity index (χ2n) is 17.2. The Bertz CT molecular complexity index is 1630. The molecule has 61 heavy (non-hydrogen) atoms. The largest absolute Gasteiger partial charge is 0.423 e. The number of aliphatic hydroxyl groups is 2. The molecule has 2 heterocycles. The van der Waals surface area contributed by atoms with Crippen molar-refractivity contribution < 1.29 is 58.0 Å². The zero-order chi connectivity index (χ0) is 45.4. The zero-order valence-corrected chi connectivity index (χ0v) is 36.5. The van der Waals surface area contributed by atoms with Crippen molar-refractivity contribution >= 4 is 41.4 Å². The fourth-order valence-electron chi connectivity index (χ4n) is 7.38. The van der Waals surface area contributed by atoms with Crippen molar-refractivity contribution in [2.24, 2.45) is 23.5 Å². The monoisotopic (exact) mass is 860 g/mol. The first-order valence-electron chi connectivity index (χ1n) is 21.3. The van der Waals surface area contributed by atoms with Crippen LogP contribution in [-0.2, 0) is 47.8 Å². The number of aliphatic hydroxyl groups excluding tert-OH is 2. The van der Waals surface area contributed by atoms with E-state index in [1.165, 1.54) is 6.92 Å². The molecule has 4 bridgehead atoms. The lowest BCUT2D eigenvalue weighted by Gasteiger charge is -2.37. The summed E-state index contributed by atoms with van der Waals surface area (Å²) in [6, 6.07) is -4.83. The molecule has 9 N–H and O–H groups in total. The molecule has 0 aromatic rings. The van der Waals surface area contributed by atoms with Crippen LogP contribution in [0.4, 0.5) is 0 Å². The third-order valence-corrected chi connectivity index (χ3v) is 10.9. The van der Waals surface area contributed by atoms with E-state index in [-0.39, 0.29) is 63.2 Å². The van der Waals surface area contributed by atoms with Gasteiger partial charge in [-0.1, -0.05) is 64.2 Å². The average Bonchev–Trinajstić information content (AvgIpc) is 3.17. The van der Waals surface area contributed by atoms with Crippen LogP contribution in [-0.4, -0.2) is 119 Å². The first kappa shape index (κ1) is 50.7. The Labute approximate surface area is 358 Å². The lowest BCUT2D eigenvalue weighted by atomic mass is 9.83. The summed E-state index contributed by atoms with van der Waals surface area (Å²) in [6.07, 6.45) is 7.07. The molecule has 0 radical (unpaired) electrons. The summed E-state index contributed by atoms with van der Waals surface area (Å²) in [5.41, 5.74) is 5.41. The molecule has 11 atom stereocenters. The summed E-state index contributed by atoms with van der Waals surface area (Å²) < 4.78 is 18.2. The van der Waals surface area contributed by atoms with Crippen molar-refractivity contribution in [2.45, 2.75) is 167 Å². The summed E-state index contributed by atoms with van der Waals surface area (Å²) in [5.74, 6) is -9.32. The van der Waals surface area contributed by atoms with Crippen LogP contribution < -0.4 is 32.3 Å². The number of carbonyl (C=O) groups is 7. The van der Waals surface area contributed by atoms with Crippen molar-refractivity contribution in [3.8, 4) is 0 Å². The molecule has 2 fully saturated rings. The number of carbonyl (C=O) groups excluding carboxylic acids is 7. The van der Waals surface area contributed by atoms with Crippen LogP contribution in [0.5, 0.6) is 0 Å². The van der Waals surface area contributed by atoms with Gasteiger partial charge in [0.25, 0.3) is 11.7 Å². The van der Waals surface area contributed by atoms with Crippen molar-refractivity contribution in [3.63, 3.8) is 0 Å². The molecule has 18 nitrogen and oxygen atoms in total. The number of esters is 1. The molecule has 1 saturated heterocycles. The van der Waals surface area contributed by atoms with Gasteiger partial charge in [0.2, 0.25) is 29.5 Å². The molecule has 2 aliphatic heterocycles. The van der Waals surface area contributed by atoms with Crippen LogP contribution in [0.1, 0.15) is 106 Å². The van der Waals surface area contributed by atoms with Crippen LogP contribution >= 0.6 is 0 Å². The molecule has 3 rings (SSSR count). The van der Waals surface area contributed by atoms with Crippen molar-refractivity contribution in [2.75, 3.05) is 6.61 Å². The fourth-order valence-corrected chi connectivity index (χ4v) is 7.38. The normalized spacial score (nSPS) is 33.6. The minimum Gasteiger partial charge on any atom is -0.423 e. The molecule has 6 amide bonds. The lowest BCUT2D eigenvalue weighted by molar-refractivity contribution is -0.241. The Hall–Kier alpha value is -4.65. The van der Waals surface area contributed by atoms with E-state index in [9.17, 15) is 43.8 Å². The highest BCUT2D eigenvalue weighted by Gasteiger charge is 2.46. The van der Waals surface area contributed by atoms with Gasteiger partial charge in [0.05, 0.1) is 36.4 Å². The molecule has 1 aliphatic carbocycles. The topological polar surface area (TPSA) is 274 Å². The van der Waals surface area contributed by atoms with Gasteiger partial charge in [0, 0.05) is 19.4 Å². The molecule has 0 spiro atoms. The highest BCUT2D eigenvalue weighted by molar-refractivity contribution is 5.93. The minimum absolute atomic E-state index is 0.00577. The lowest BCUT2D eigenvalue weighted by Crippen LogP contribution is -2.59. The number of primary amides is 1. The number of rotatable bonds is 6. The predicted molar refractivity (Wildman–Crippen MR) is 223 cm³/mol. The summed E-state index contributed by atoms with van der Waals surface area (Å²) in [7, 11) is 0. The Morgan fingerprint density at radius 3 is 2.11 bits per heavy atom. The number of ether oxygens (including phenoxy) is 3. The van der Waals surface area contributed by atoms with Crippen LogP contribution in [0.2, 0.25) is 0 Å². The smallest absolute Gasteiger partial charge is 0.314 e. The molecule has 0 unspecified atom stereocenters. The van der Waals surface area contributed by atoms with Gasteiger partial charge in [-0.25, -0.2) is 0 Å². The second kappa shape index (κ2) is 24.1. The maximum absolute atomic E-state index is 14.3. The summed E-state index contributed by atoms with van der Waals surface area (Å²) in [6.45, 7) is 11.2. The van der Waals surface area contributed by atoms with Gasteiger partial charge in [-0.3, -0.25) is 33.6 Å². The summed E-state index contributed by atoms with van der Waals surface area (Å²) in [4.78, 5) is 94.7. The third kappa shape index (κ3) is 16.6. The van der Waals surface area contributed by atoms with Gasteiger partial charge < -0.3 is 56.7 Å². The summed E-state index contributed by atoms with van der Waals surface area (Å²) in [5, 5.41) is 35.5. The second-order valence-corrected chi connectivity index (χ2v) is 17.2. The summed E-state index contributed by atoms with van der Waals surface area (Å²) >= 11 is 0. The van der Waals surface area contributed by atoms with Crippen LogP contribution in [0, 0.1) is 17.8 Å². The molecule has 1 saturated carbocycles. The number of hydrogen-bond acceptors (Lipinski definition) is 12. The quantitative estimate of drug-likeness (QED) is 0.173. The van der Waals surface area contributed by atoms with E-state index in [4.69, 9.17) is 19.9 Å². The van der Waals surface area contributed by atoms with Gasteiger partial charge in [-0.15, -0.1) is 0 Å². The van der Waals surface area contributed by atoms with E-state index in [2.05, 4.69) is 26.6 Å². The highest BCUT2D eigenvalue weighted by atomic mass is 16.7. The van der Waals surface area contributed by atoms with Gasteiger partial charge >= 0.3 is 5.97 Å². The van der Waals surface area contributed by atoms with Gasteiger partial charge in [-0.2, -0.15) is 0 Å². The Morgan fingerprint density at radius 2 is 1.48 bits per heavy atom. The van der Waals surface area contributed by atoms with Crippen LogP contribution in [0.15, 0.2) is 36.5 Å². The fraction of sp³-hybridized carbons (Fsp3) is 0.698. The molecule has 18 heteroatoms. The molecule has 342 valence electrons. The molecule has 0 aromatic heterocycles. The predicted octanol–water partition coefficient (Wildman–Crippen LogP) is 0.836. The maximum Gasteiger partial charge on any atom is 0.314 e. The SMILES string of the molecule is CC(C)C[C@@H]1NC(=O)CO[C@H]2CC=CC=CC=CC[C@H](O)[C@H](C)NC(=O)[C@H](CCC(N)=O)NC(=O)[C@](C)(OC(=O)[C@H]3C[C@H](CC[C@@H]3O)NC(=O)[C@@H](C(C)C)NC1=O)O[C@H](C)C2. The first-order chi connectivity index (χ1) is 28.7. The van der Waals surface area contributed by atoms with Crippen molar-refractivity contribution in [1.29, 1.82) is 0 Å². The zero-order valence-electron chi connectivity index (χ0n) is 36.5. The number of hydrogen-bond donors (Lipinski definition) is 8. The van der Waals surface area contributed by atoms with E-state index < -0.39 is 114 Å².